The van der Waals surface area contributed by atoms with E-state index in [1.165, 1.54) is 11.8 Å². The molecule has 0 unspecified atom stereocenters. The van der Waals surface area contributed by atoms with Gasteiger partial charge in [-0.15, -0.1) is 11.8 Å². The zero-order valence-corrected chi connectivity index (χ0v) is 11.9. The Morgan fingerprint density at radius 1 is 1.28 bits per heavy atom. The first kappa shape index (κ1) is 15.1. The third-order valence-corrected chi connectivity index (χ3v) is 3.71. The van der Waals surface area contributed by atoms with Crippen molar-refractivity contribution in [2.24, 2.45) is 0 Å². The maximum absolute atomic E-state index is 11.7. The molecule has 0 radical (unpaired) electrons. The molecule has 0 aliphatic carbocycles. The Bertz CT molecular complexity index is 367. The molecule has 1 rings (SSSR count). The van der Waals surface area contributed by atoms with E-state index < -0.39 is 6.10 Å². The van der Waals surface area contributed by atoms with E-state index >= 15 is 0 Å². The monoisotopic (exact) mass is 267 g/mol. The zero-order chi connectivity index (χ0) is 13.5. The van der Waals surface area contributed by atoms with Crippen molar-refractivity contribution in [3.8, 4) is 0 Å². The minimum Gasteiger partial charge on any atom is -0.388 e. The van der Waals surface area contributed by atoms with Crippen molar-refractivity contribution in [1.82, 2.24) is 5.32 Å². The molecule has 0 bridgehead atoms. The normalized spacial score (nSPS) is 14.3. The molecule has 0 aliphatic heterocycles. The molecular weight excluding hydrogens is 246 g/mol. The van der Waals surface area contributed by atoms with Gasteiger partial charge in [-0.2, -0.15) is 0 Å². The fourth-order valence-electron chi connectivity index (χ4n) is 1.48. The Kier molecular flexibility index (Phi) is 6.22. The summed E-state index contributed by atoms with van der Waals surface area (Å²) in [5.41, 5.74) is 0.890. The van der Waals surface area contributed by atoms with Gasteiger partial charge in [0.15, 0.2) is 0 Å². The molecule has 18 heavy (non-hydrogen) atoms. The number of aliphatic hydroxyl groups excluding tert-OH is 1. The number of hydrogen-bond acceptors (Lipinski definition) is 3. The van der Waals surface area contributed by atoms with Gasteiger partial charge in [-0.05, 0) is 26.3 Å². The maximum Gasteiger partial charge on any atom is 0.233 e. The van der Waals surface area contributed by atoms with Crippen LogP contribution in [0, 0.1) is 0 Å². The number of thioether (sulfide) groups is 1. The first-order chi connectivity index (χ1) is 8.50. The van der Waals surface area contributed by atoms with E-state index in [2.05, 4.69) is 5.32 Å². The topological polar surface area (TPSA) is 49.3 Å². The van der Waals surface area contributed by atoms with E-state index in [4.69, 9.17) is 0 Å². The van der Waals surface area contributed by atoms with Gasteiger partial charge in [0.1, 0.15) is 0 Å². The minimum atomic E-state index is -0.523. The Balaban J connectivity index is 2.38. The number of amides is 1. The van der Waals surface area contributed by atoms with E-state index in [1.807, 2.05) is 51.1 Å². The lowest BCUT2D eigenvalue weighted by molar-refractivity contribution is -0.120. The zero-order valence-electron chi connectivity index (χ0n) is 11.1. The van der Waals surface area contributed by atoms with Crippen LogP contribution in [-0.4, -0.2) is 28.1 Å². The molecule has 4 heteroatoms. The third-order valence-electron chi connectivity index (χ3n) is 2.49. The fourth-order valence-corrected chi connectivity index (χ4v) is 2.37. The molecule has 3 nitrogen and oxygen atoms in total. The lowest BCUT2D eigenvalue weighted by Crippen LogP contribution is -2.36. The van der Waals surface area contributed by atoms with Crippen LogP contribution < -0.4 is 5.32 Å². The Labute approximate surface area is 113 Å². The molecule has 1 amide bonds. The summed E-state index contributed by atoms with van der Waals surface area (Å²) in [5, 5.41) is 12.7. The van der Waals surface area contributed by atoms with Crippen LogP contribution in [-0.2, 0) is 4.79 Å². The summed E-state index contributed by atoms with van der Waals surface area (Å²) in [7, 11) is 0. The number of carbonyl (C=O) groups excluding carboxylic acids is 1. The Morgan fingerprint density at radius 2 is 1.89 bits per heavy atom. The average molecular weight is 267 g/mol. The maximum atomic E-state index is 11.7. The average Bonchev–Trinajstić information content (AvgIpc) is 2.35. The van der Waals surface area contributed by atoms with Crippen LogP contribution in [0.25, 0.3) is 0 Å². The predicted molar refractivity (Wildman–Crippen MR) is 76.6 cm³/mol. The molecule has 0 fully saturated rings. The molecule has 100 valence electrons. The van der Waals surface area contributed by atoms with Gasteiger partial charge in [0.2, 0.25) is 5.91 Å². The van der Waals surface area contributed by atoms with Crippen LogP contribution in [0.1, 0.15) is 32.4 Å². The second-order valence-electron chi connectivity index (χ2n) is 4.57. The second-order valence-corrected chi connectivity index (χ2v) is 5.94. The Morgan fingerprint density at radius 3 is 2.44 bits per heavy atom. The summed E-state index contributed by atoms with van der Waals surface area (Å²) in [4.78, 5) is 11.7. The first-order valence-electron chi connectivity index (χ1n) is 6.15. The molecule has 0 aromatic heterocycles. The van der Waals surface area contributed by atoms with Gasteiger partial charge >= 0.3 is 0 Å². The van der Waals surface area contributed by atoms with Crippen molar-refractivity contribution in [2.75, 3.05) is 5.75 Å². The van der Waals surface area contributed by atoms with E-state index in [1.54, 1.807) is 0 Å². The highest BCUT2D eigenvalue weighted by atomic mass is 32.2. The highest BCUT2D eigenvalue weighted by Gasteiger charge is 2.16. The van der Waals surface area contributed by atoms with Gasteiger partial charge < -0.3 is 10.4 Å². The molecule has 0 spiro atoms. The second kappa shape index (κ2) is 7.44. The van der Waals surface area contributed by atoms with Crippen LogP contribution >= 0.6 is 11.8 Å². The summed E-state index contributed by atoms with van der Waals surface area (Å²) in [6.45, 7) is 5.74. The fraction of sp³-hybridized carbons (Fsp3) is 0.500. The smallest absolute Gasteiger partial charge is 0.233 e. The summed E-state index contributed by atoms with van der Waals surface area (Å²) in [5.74, 6) is 0.548. The molecule has 0 saturated heterocycles. The van der Waals surface area contributed by atoms with E-state index in [0.29, 0.717) is 5.75 Å². The van der Waals surface area contributed by atoms with Crippen molar-refractivity contribution < 1.29 is 9.90 Å². The number of rotatable bonds is 6. The summed E-state index contributed by atoms with van der Waals surface area (Å²) < 4.78 is 0. The van der Waals surface area contributed by atoms with Crippen molar-refractivity contribution >= 4 is 17.7 Å². The number of aliphatic hydroxyl groups is 1. The van der Waals surface area contributed by atoms with Gasteiger partial charge in [0.25, 0.3) is 0 Å². The molecule has 0 aliphatic rings. The lowest BCUT2D eigenvalue weighted by atomic mass is 10.1. The lowest BCUT2D eigenvalue weighted by Gasteiger charge is -2.16. The van der Waals surface area contributed by atoms with E-state index in [9.17, 15) is 9.90 Å². The van der Waals surface area contributed by atoms with Gasteiger partial charge in [0, 0.05) is 11.8 Å². The SMILES string of the molecule is CC(C)NC(=O)[C@H](C)SC[C@H](O)c1ccccc1. The molecule has 0 saturated carbocycles. The van der Waals surface area contributed by atoms with Crippen LogP contribution in [0.15, 0.2) is 30.3 Å². The number of benzene rings is 1. The van der Waals surface area contributed by atoms with Gasteiger partial charge in [-0.25, -0.2) is 0 Å². The first-order valence-corrected chi connectivity index (χ1v) is 7.20. The largest absolute Gasteiger partial charge is 0.388 e. The molecule has 2 N–H and O–H groups in total. The van der Waals surface area contributed by atoms with E-state index in [0.717, 1.165) is 5.56 Å². The quantitative estimate of drug-likeness (QED) is 0.832. The summed E-state index contributed by atoms with van der Waals surface area (Å²) in [6, 6.07) is 9.66. The highest BCUT2D eigenvalue weighted by Crippen LogP contribution is 2.21. The summed E-state index contributed by atoms with van der Waals surface area (Å²) >= 11 is 1.47. The third kappa shape index (κ3) is 5.10. The van der Waals surface area contributed by atoms with Crippen molar-refractivity contribution in [2.45, 2.75) is 38.2 Å². The molecule has 1 aromatic rings. The van der Waals surface area contributed by atoms with Crippen LogP contribution in [0.4, 0.5) is 0 Å². The van der Waals surface area contributed by atoms with Gasteiger partial charge in [0.05, 0.1) is 11.4 Å². The number of carbonyl (C=O) groups is 1. The Hall–Kier alpha value is -1.00. The molecular formula is C14H21NO2S. The number of hydrogen-bond donors (Lipinski definition) is 2. The van der Waals surface area contributed by atoms with E-state index in [-0.39, 0.29) is 17.2 Å². The number of nitrogens with one attached hydrogen (secondary N) is 1. The van der Waals surface area contributed by atoms with Crippen molar-refractivity contribution in [3.63, 3.8) is 0 Å². The van der Waals surface area contributed by atoms with Gasteiger partial charge in [-0.1, -0.05) is 30.3 Å². The molecule has 2 atom stereocenters. The minimum absolute atomic E-state index is 0.0234. The van der Waals surface area contributed by atoms with Crippen molar-refractivity contribution in [1.29, 1.82) is 0 Å². The standard InChI is InChI=1S/C14H21NO2S/c1-10(2)15-14(17)11(3)18-9-13(16)12-7-5-4-6-8-12/h4-8,10-11,13,16H,9H2,1-3H3,(H,15,17)/t11-,13-/m0/s1. The van der Waals surface area contributed by atoms with Crippen LogP contribution in [0.2, 0.25) is 0 Å². The van der Waals surface area contributed by atoms with Crippen molar-refractivity contribution in [3.05, 3.63) is 35.9 Å². The summed E-state index contributed by atoms with van der Waals surface area (Å²) in [6.07, 6.45) is -0.523. The molecule has 0 heterocycles. The van der Waals surface area contributed by atoms with Crippen LogP contribution in [0.3, 0.4) is 0 Å². The molecule has 1 aromatic carbocycles. The van der Waals surface area contributed by atoms with Gasteiger partial charge in [-0.3, -0.25) is 4.79 Å². The predicted octanol–water partition coefficient (Wildman–Crippen LogP) is 2.37. The highest BCUT2D eigenvalue weighted by molar-refractivity contribution is 8.00. The van der Waals surface area contributed by atoms with Crippen LogP contribution in [0.5, 0.6) is 0 Å².